The van der Waals surface area contributed by atoms with E-state index in [2.05, 4.69) is 34.7 Å². The van der Waals surface area contributed by atoms with Gasteiger partial charge >= 0.3 is 0 Å². The smallest absolute Gasteiger partial charge is 0.161 e. The summed E-state index contributed by atoms with van der Waals surface area (Å²) in [6.07, 6.45) is 2.96. The molecule has 0 aliphatic carbocycles. The van der Waals surface area contributed by atoms with E-state index in [4.69, 9.17) is 0 Å². The average molecular weight is 302 g/mol. The van der Waals surface area contributed by atoms with Crippen LogP contribution in [0.4, 0.5) is 0 Å². The van der Waals surface area contributed by atoms with Crippen LogP contribution < -0.4 is 0 Å². The van der Waals surface area contributed by atoms with E-state index in [0.717, 1.165) is 37.3 Å². The van der Waals surface area contributed by atoms with Gasteiger partial charge in [0, 0.05) is 49.8 Å². The van der Waals surface area contributed by atoms with E-state index in [0.29, 0.717) is 0 Å². The number of carbonyl (C=O) groups excluding carboxylic acids is 1. The highest BCUT2D eigenvalue weighted by atomic mass is 16.1. The molecular weight excluding hydrogens is 276 g/mol. The number of rotatable bonds is 7. The van der Waals surface area contributed by atoms with Gasteiger partial charge in [-0.2, -0.15) is 5.10 Å². The van der Waals surface area contributed by atoms with E-state index in [-0.39, 0.29) is 5.78 Å². The van der Waals surface area contributed by atoms with Crippen LogP contribution in [0.5, 0.6) is 0 Å². The van der Waals surface area contributed by atoms with Crippen molar-refractivity contribution in [1.29, 1.82) is 0 Å². The fraction of sp³-hybridized carbons (Fsp3) is 0.529. The molecule has 0 aliphatic heterocycles. The summed E-state index contributed by atoms with van der Waals surface area (Å²) in [6.45, 7) is 8.52. The molecule has 0 atom stereocenters. The molecule has 0 saturated carbocycles. The zero-order valence-electron chi connectivity index (χ0n) is 14.3. The Bertz CT molecular complexity index is 654. The molecule has 2 heterocycles. The molecule has 5 heteroatoms. The number of carbonyl (C=O) groups is 1. The maximum Gasteiger partial charge on any atom is 0.161 e. The molecule has 0 aromatic carbocycles. The first-order valence-electron chi connectivity index (χ1n) is 7.72. The van der Waals surface area contributed by atoms with Crippen molar-refractivity contribution in [1.82, 2.24) is 19.2 Å². The van der Waals surface area contributed by atoms with E-state index in [1.807, 2.05) is 30.8 Å². The lowest BCUT2D eigenvalue weighted by Crippen LogP contribution is -2.22. The van der Waals surface area contributed by atoms with Crippen LogP contribution >= 0.6 is 0 Å². The maximum atomic E-state index is 11.4. The lowest BCUT2D eigenvalue weighted by Gasteiger charge is -2.17. The van der Waals surface area contributed by atoms with Crippen molar-refractivity contribution in [2.45, 2.75) is 40.3 Å². The lowest BCUT2D eigenvalue weighted by atomic mass is 10.2. The van der Waals surface area contributed by atoms with Crippen LogP contribution in [-0.4, -0.2) is 38.6 Å². The molecule has 2 aromatic heterocycles. The highest BCUT2D eigenvalue weighted by molar-refractivity contribution is 5.94. The molecule has 0 N–H and O–H groups in total. The van der Waals surface area contributed by atoms with Crippen molar-refractivity contribution in [2.75, 3.05) is 13.6 Å². The maximum absolute atomic E-state index is 11.4. The van der Waals surface area contributed by atoms with Crippen LogP contribution in [0.2, 0.25) is 0 Å². The van der Waals surface area contributed by atoms with E-state index < -0.39 is 0 Å². The molecule has 5 nitrogen and oxygen atoms in total. The highest BCUT2D eigenvalue weighted by Gasteiger charge is 2.09. The van der Waals surface area contributed by atoms with Gasteiger partial charge in [-0.1, -0.05) is 0 Å². The molecule has 0 amide bonds. The number of aromatic nitrogens is 3. The van der Waals surface area contributed by atoms with Gasteiger partial charge in [-0.05, 0) is 46.4 Å². The Morgan fingerprint density at radius 1 is 1.32 bits per heavy atom. The van der Waals surface area contributed by atoms with Crippen molar-refractivity contribution in [3.63, 3.8) is 0 Å². The first-order chi connectivity index (χ1) is 10.4. The Morgan fingerprint density at radius 3 is 2.59 bits per heavy atom. The molecule has 22 heavy (non-hydrogen) atoms. The van der Waals surface area contributed by atoms with Gasteiger partial charge in [0.1, 0.15) is 0 Å². The number of hydrogen-bond acceptors (Lipinski definition) is 3. The summed E-state index contributed by atoms with van der Waals surface area (Å²) in [4.78, 5) is 13.7. The second-order valence-corrected chi connectivity index (χ2v) is 6.13. The minimum atomic E-state index is 0.119. The van der Waals surface area contributed by atoms with Gasteiger partial charge in [0.15, 0.2) is 5.78 Å². The van der Waals surface area contributed by atoms with Crippen LogP contribution in [-0.2, 0) is 20.1 Å². The van der Waals surface area contributed by atoms with Gasteiger partial charge in [0.2, 0.25) is 0 Å². The van der Waals surface area contributed by atoms with Crippen molar-refractivity contribution < 1.29 is 4.79 Å². The van der Waals surface area contributed by atoms with Gasteiger partial charge in [0.05, 0.1) is 5.69 Å². The Balaban J connectivity index is 1.84. The van der Waals surface area contributed by atoms with Crippen LogP contribution in [0.15, 0.2) is 18.3 Å². The summed E-state index contributed by atoms with van der Waals surface area (Å²) in [5, 5.41) is 4.48. The zero-order chi connectivity index (χ0) is 16.3. The molecule has 0 fully saturated rings. The number of nitrogens with zero attached hydrogens (tertiary/aromatic N) is 4. The molecule has 0 unspecified atom stereocenters. The number of ketones is 1. The minimum absolute atomic E-state index is 0.119. The third-order valence-electron chi connectivity index (χ3n) is 3.96. The van der Waals surface area contributed by atoms with Crippen LogP contribution in [0, 0.1) is 13.8 Å². The Hall–Kier alpha value is -1.88. The van der Waals surface area contributed by atoms with E-state index >= 15 is 0 Å². The zero-order valence-corrected chi connectivity index (χ0v) is 14.3. The molecule has 2 aromatic rings. The Labute approximate surface area is 132 Å². The quantitative estimate of drug-likeness (QED) is 0.738. The molecule has 2 rings (SSSR count). The van der Waals surface area contributed by atoms with Crippen molar-refractivity contribution in [3.05, 3.63) is 41.0 Å². The van der Waals surface area contributed by atoms with E-state index in [9.17, 15) is 4.79 Å². The fourth-order valence-electron chi connectivity index (χ4n) is 2.71. The topological polar surface area (TPSA) is 43.1 Å². The number of aryl methyl sites for hydroxylation is 4. The average Bonchev–Trinajstić information content (AvgIpc) is 2.93. The molecule has 0 saturated heterocycles. The monoisotopic (exact) mass is 302 g/mol. The van der Waals surface area contributed by atoms with Crippen LogP contribution in [0.1, 0.15) is 40.8 Å². The second kappa shape index (κ2) is 6.92. The fourth-order valence-corrected chi connectivity index (χ4v) is 2.71. The standard InChI is InChI=1S/C17H26N4O/c1-13-9-14(2)21(18-13)8-6-7-19(4)12-17-10-16(15(3)22)11-20(17)5/h9-11H,6-8,12H2,1-5H3. The van der Waals surface area contributed by atoms with Gasteiger partial charge in [-0.3, -0.25) is 9.48 Å². The Morgan fingerprint density at radius 2 is 2.05 bits per heavy atom. The van der Waals surface area contributed by atoms with E-state index in [1.54, 1.807) is 6.92 Å². The summed E-state index contributed by atoms with van der Waals surface area (Å²) in [5.41, 5.74) is 4.24. The van der Waals surface area contributed by atoms with Crippen molar-refractivity contribution in [3.8, 4) is 0 Å². The highest BCUT2D eigenvalue weighted by Crippen LogP contribution is 2.11. The normalized spacial score (nSPS) is 11.4. The first-order valence-corrected chi connectivity index (χ1v) is 7.72. The van der Waals surface area contributed by atoms with Crippen molar-refractivity contribution in [2.24, 2.45) is 7.05 Å². The number of hydrogen-bond donors (Lipinski definition) is 0. The molecule has 0 bridgehead atoms. The molecular formula is C17H26N4O. The summed E-state index contributed by atoms with van der Waals surface area (Å²) in [6, 6.07) is 4.09. The summed E-state index contributed by atoms with van der Waals surface area (Å²) in [5.74, 6) is 0.119. The van der Waals surface area contributed by atoms with Gasteiger partial charge in [-0.15, -0.1) is 0 Å². The first kappa shape index (κ1) is 16.5. The van der Waals surface area contributed by atoms with Crippen LogP contribution in [0.25, 0.3) is 0 Å². The predicted molar refractivity (Wildman–Crippen MR) is 88.1 cm³/mol. The summed E-state index contributed by atoms with van der Waals surface area (Å²) < 4.78 is 4.10. The summed E-state index contributed by atoms with van der Waals surface area (Å²) >= 11 is 0. The van der Waals surface area contributed by atoms with Gasteiger partial charge in [0.25, 0.3) is 0 Å². The Kier molecular flexibility index (Phi) is 5.19. The number of Topliss-reactive ketones (excluding diaryl/α,β-unsaturated/α-hetero) is 1. The minimum Gasteiger partial charge on any atom is -0.353 e. The third-order valence-corrected chi connectivity index (χ3v) is 3.96. The second-order valence-electron chi connectivity index (χ2n) is 6.13. The molecule has 0 spiro atoms. The van der Waals surface area contributed by atoms with Gasteiger partial charge < -0.3 is 9.47 Å². The largest absolute Gasteiger partial charge is 0.353 e. The molecule has 120 valence electrons. The molecule has 0 aliphatic rings. The van der Waals surface area contributed by atoms with Crippen molar-refractivity contribution >= 4 is 5.78 Å². The predicted octanol–water partition coefficient (Wildman–Crippen LogP) is 2.56. The van der Waals surface area contributed by atoms with Gasteiger partial charge in [-0.25, -0.2) is 0 Å². The molecule has 0 radical (unpaired) electrons. The van der Waals surface area contributed by atoms with Crippen LogP contribution in [0.3, 0.4) is 0 Å². The van der Waals surface area contributed by atoms with E-state index in [1.165, 1.54) is 11.4 Å². The SMILES string of the molecule is CC(=O)c1cc(CN(C)CCCn2nc(C)cc2C)n(C)c1. The lowest BCUT2D eigenvalue weighted by molar-refractivity contribution is 0.101. The summed E-state index contributed by atoms with van der Waals surface area (Å²) in [7, 11) is 4.10. The third kappa shape index (κ3) is 4.07.